The summed E-state index contributed by atoms with van der Waals surface area (Å²) >= 11 is 0. The zero-order valence-electron chi connectivity index (χ0n) is 17.5. The average Bonchev–Trinajstić information content (AvgIpc) is 3.23. The van der Waals surface area contributed by atoms with E-state index in [1.165, 1.54) is 24.3 Å². The Bertz CT molecular complexity index is 947. The van der Waals surface area contributed by atoms with E-state index < -0.39 is 0 Å². The molecule has 2 aromatic rings. The number of amides is 2. The fourth-order valence-electron chi connectivity index (χ4n) is 4.09. The number of carbonyl (C=O) groups excluding carboxylic acids is 2. The Hall–Kier alpha value is -2.91. The van der Waals surface area contributed by atoms with Crippen molar-refractivity contribution in [2.24, 2.45) is 0 Å². The molecule has 0 radical (unpaired) electrons. The summed E-state index contributed by atoms with van der Waals surface area (Å²) in [6, 6.07) is 5.53. The van der Waals surface area contributed by atoms with Crippen LogP contribution in [0.4, 0.5) is 10.1 Å². The SMILES string of the molecule is Cc1ncc(C(=O)N2CCOCC2)c([C@@H]2CCCN2CC(=O)Nc2ccc(F)cc2)n1. The van der Waals surface area contributed by atoms with E-state index >= 15 is 0 Å². The molecule has 0 spiro atoms. The van der Waals surface area contributed by atoms with Gasteiger partial charge in [-0.3, -0.25) is 14.5 Å². The van der Waals surface area contributed by atoms with Crippen molar-refractivity contribution in [3.05, 3.63) is 53.4 Å². The first kappa shape index (κ1) is 21.3. The normalized spacial score (nSPS) is 19.4. The van der Waals surface area contributed by atoms with Crippen LogP contribution in [0, 0.1) is 12.7 Å². The number of halogens is 1. The van der Waals surface area contributed by atoms with Crippen molar-refractivity contribution < 1.29 is 18.7 Å². The van der Waals surface area contributed by atoms with E-state index in [9.17, 15) is 14.0 Å². The summed E-state index contributed by atoms with van der Waals surface area (Å²) in [6.07, 6.45) is 3.32. The first-order valence-electron chi connectivity index (χ1n) is 10.5. The van der Waals surface area contributed by atoms with Gasteiger partial charge < -0.3 is 15.0 Å². The maximum Gasteiger partial charge on any atom is 0.257 e. The van der Waals surface area contributed by atoms with Crippen LogP contribution in [0.3, 0.4) is 0 Å². The van der Waals surface area contributed by atoms with Gasteiger partial charge in [-0.25, -0.2) is 14.4 Å². The molecule has 2 fully saturated rings. The summed E-state index contributed by atoms with van der Waals surface area (Å²) in [4.78, 5) is 38.4. The topological polar surface area (TPSA) is 87.7 Å². The van der Waals surface area contributed by atoms with Crippen LogP contribution in [-0.4, -0.2) is 71.0 Å². The van der Waals surface area contributed by atoms with Crippen LogP contribution in [0.5, 0.6) is 0 Å². The Kier molecular flexibility index (Phi) is 6.53. The van der Waals surface area contributed by atoms with Gasteiger partial charge in [0.2, 0.25) is 5.91 Å². The van der Waals surface area contributed by atoms with Crippen molar-refractivity contribution in [3.63, 3.8) is 0 Å². The van der Waals surface area contributed by atoms with Crippen molar-refractivity contribution in [2.75, 3.05) is 44.7 Å². The van der Waals surface area contributed by atoms with E-state index in [0.717, 1.165) is 19.4 Å². The van der Waals surface area contributed by atoms with Gasteiger partial charge in [-0.05, 0) is 50.6 Å². The van der Waals surface area contributed by atoms with Gasteiger partial charge in [0.1, 0.15) is 11.6 Å². The summed E-state index contributed by atoms with van der Waals surface area (Å²) < 4.78 is 18.4. The van der Waals surface area contributed by atoms with Crippen LogP contribution in [0.15, 0.2) is 30.5 Å². The Morgan fingerprint density at radius 2 is 1.94 bits per heavy atom. The highest BCUT2D eigenvalue weighted by atomic mass is 19.1. The molecule has 0 saturated carbocycles. The Labute approximate surface area is 180 Å². The molecule has 31 heavy (non-hydrogen) atoms. The largest absolute Gasteiger partial charge is 0.378 e. The van der Waals surface area contributed by atoms with Crippen LogP contribution in [0.1, 0.15) is 40.8 Å². The van der Waals surface area contributed by atoms with E-state index in [-0.39, 0.29) is 30.2 Å². The third kappa shape index (κ3) is 5.05. The van der Waals surface area contributed by atoms with Gasteiger partial charge >= 0.3 is 0 Å². The van der Waals surface area contributed by atoms with Crippen molar-refractivity contribution in [2.45, 2.75) is 25.8 Å². The summed E-state index contributed by atoms with van der Waals surface area (Å²) in [6.45, 7) is 4.82. The molecule has 1 aromatic heterocycles. The predicted octanol–water partition coefficient (Wildman–Crippen LogP) is 2.17. The van der Waals surface area contributed by atoms with Crippen LogP contribution >= 0.6 is 0 Å². The summed E-state index contributed by atoms with van der Waals surface area (Å²) in [7, 11) is 0. The molecule has 0 bridgehead atoms. The number of hydrogen-bond acceptors (Lipinski definition) is 6. The summed E-state index contributed by atoms with van der Waals surface area (Å²) in [5, 5.41) is 2.80. The number of anilines is 1. The highest BCUT2D eigenvalue weighted by Crippen LogP contribution is 2.33. The lowest BCUT2D eigenvalue weighted by atomic mass is 10.0. The van der Waals surface area contributed by atoms with Crippen molar-refractivity contribution in [3.8, 4) is 0 Å². The van der Waals surface area contributed by atoms with E-state index in [4.69, 9.17) is 4.74 Å². The van der Waals surface area contributed by atoms with Crippen LogP contribution in [-0.2, 0) is 9.53 Å². The molecule has 4 rings (SSSR count). The number of rotatable bonds is 5. The van der Waals surface area contributed by atoms with Gasteiger partial charge in [-0.15, -0.1) is 0 Å². The van der Waals surface area contributed by atoms with Gasteiger partial charge in [-0.2, -0.15) is 0 Å². The van der Waals surface area contributed by atoms with Gasteiger partial charge in [0.25, 0.3) is 5.91 Å². The number of aryl methyl sites for hydroxylation is 1. The smallest absolute Gasteiger partial charge is 0.257 e. The maximum atomic E-state index is 13.1. The minimum absolute atomic E-state index is 0.0964. The standard InChI is InChI=1S/C22H26FN5O3/c1-15-24-13-18(22(30)27-9-11-31-12-10-27)21(25-15)19-3-2-8-28(19)14-20(29)26-17-6-4-16(23)5-7-17/h4-7,13,19H,2-3,8-12,14H2,1H3,(H,26,29)/t19-/m0/s1. The zero-order valence-corrected chi connectivity index (χ0v) is 17.5. The van der Waals surface area contributed by atoms with Gasteiger partial charge in [0, 0.05) is 25.0 Å². The number of benzene rings is 1. The lowest BCUT2D eigenvalue weighted by molar-refractivity contribution is -0.117. The van der Waals surface area contributed by atoms with E-state index in [1.807, 2.05) is 4.90 Å². The second kappa shape index (κ2) is 9.49. The molecule has 1 atom stereocenters. The van der Waals surface area contributed by atoms with Gasteiger partial charge in [0.15, 0.2) is 0 Å². The molecule has 3 heterocycles. The quantitative estimate of drug-likeness (QED) is 0.787. The van der Waals surface area contributed by atoms with Crippen LogP contribution < -0.4 is 5.32 Å². The average molecular weight is 427 g/mol. The molecule has 2 aliphatic heterocycles. The second-order valence-corrected chi connectivity index (χ2v) is 7.80. The highest BCUT2D eigenvalue weighted by molar-refractivity contribution is 5.95. The molecule has 1 aromatic carbocycles. The lowest BCUT2D eigenvalue weighted by Crippen LogP contribution is -2.42. The molecule has 0 aliphatic carbocycles. The molecule has 2 saturated heterocycles. The minimum Gasteiger partial charge on any atom is -0.378 e. The molecular weight excluding hydrogens is 401 g/mol. The number of carbonyl (C=O) groups is 2. The molecule has 9 heteroatoms. The fraction of sp³-hybridized carbons (Fsp3) is 0.455. The number of ether oxygens (including phenoxy) is 1. The first-order chi connectivity index (χ1) is 15.0. The maximum absolute atomic E-state index is 13.1. The van der Waals surface area contributed by atoms with E-state index in [0.29, 0.717) is 49.1 Å². The monoisotopic (exact) mass is 427 g/mol. The second-order valence-electron chi connectivity index (χ2n) is 7.80. The lowest BCUT2D eigenvalue weighted by Gasteiger charge is -2.29. The molecule has 0 unspecified atom stereocenters. The third-order valence-corrected chi connectivity index (χ3v) is 5.62. The Balaban J connectivity index is 1.51. The summed E-state index contributed by atoms with van der Waals surface area (Å²) in [5.74, 6) is -0.0448. The third-order valence-electron chi connectivity index (χ3n) is 5.62. The molecule has 8 nitrogen and oxygen atoms in total. The number of nitrogens with one attached hydrogen (secondary N) is 1. The predicted molar refractivity (Wildman–Crippen MR) is 112 cm³/mol. The fourth-order valence-corrected chi connectivity index (χ4v) is 4.09. The zero-order chi connectivity index (χ0) is 21.8. The molecule has 2 amide bonds. The molecule has 1 N–H and O–H groups in total. The Morgan fingerprint density at radius 1 is 1.19 bits per heavy atom. The van der Waals surface area contributed by atoms with E-state index in [1.54, 1.807) is 18.0 Å². The first-order valence-corrected chi connectivity index (χ1v) is 10.5. The molecular formula is C22H26FN5O3. The van der Waals surface area contributed by atoms with Crippen LogP contribution in [0.2, 0.25) is 0 Å². The van der Waals surface area contributed by atoms with Crippen molar-refractivity contribution >= 4 is 17.5 Å². The number of likely N-dealkylation sites (tertiary alicyclic amines) is 1. The number of morpholine rings is 1. The number of aromatic nitrogens is 2. The van der Waals surface area contributed by atoms with Crippen molar-refractivity contribution in [1.29, 1.82) is 0 Å². The number of nitrogens with zero attached hydrogens (tertiary/aromatic N) is 4. The van der Waals surface area contributed by atoms with Crippen LogP contribution in [0.25, 0.3) is 0 Å². The van der Waals surface area contributed by atoms with E-state index in [2.05, 4.69) is 15.3 Å². The minimum atomic E-state index is -0.353. The van der Waals surface area contributed by atoms with Gasteiger partial charge in [0.05, 0.1) is 37.1 Å². The molecule has 164 valence electrons. The summed E-state index contributed by atoms with van der Waals surface area (Å²) in [5.41, 5.74) is 1.71. The molecule has 2 aliphatic rings. The number of hydrogen-bond donors (Lipinski definition) is 1. The highest BCUT2D eigenvalue weighted by Gasteiger charge is 2.33. The van der Waals surface area contributed by atoms with Gasteiger partial charge in [-0.1, -0.05) is 0 Å². The Morgan fingerprint density at radius 3 is 2.68 bits per heavy atom. The van der Waals surface area contributed by atoms with Crippen molar-refractivity contribution in [1.82, 2.24) is 19.8 Å².